The van der Waals surface area contributed by atoms with E-state index in [0.29, 0.717) is 17.3 Å². The van der Waals surface area contributed by atoms with E-state index in [4.69, 9.17) is 11.6 Å². The van der Waals surface area contributed by atoms with Crippen molar-refractivity contribution in [2.24, 2.45) is 0 Å². The molecule has 0 bridgehead atoms. The molecular weight excluding hydrogens is 277 g/mol. The molecule has 0 amide bonds. The predicted octanol–water partition coefficient (Wildman–Crippen LogP) is 4.37. The second-order valence-electron chi connectivity index (χ2n) is 3.90. The molecule has 1 heterocycles. The van der Waals surface area contributed by atoms with E-state index in [1.807, 2.05) is 0 Å². The van der Waals surface area contributed by atoms with Crippen LogP contribution in [0, 0.1) is 0 Å². The molecule has 100 valence electrons. The molecule has 1 N–H and O–H groups in total. The van der Waals surface area contributed by atoms with Gasteiger partial charge < -0.3 is 5.32 Å². The van der Waals surface area contributed by atoms with Gasteiger partial charge in [-0.1, -0.05) is 11.6 Å². The minimum absolute atomic E-state index is 0.423. The zero-order valence-corrected chi connectivity index (χ0v) is 10.5. The average molecular weight is 287 g/mol. The Bertz CT molecular complexity index is 553. The van der Waals surface area contributed by atoms with Gasteiger partial charge in [0.15, 0.2) is 0 Å². The van der Waals surface area contributed by atoms with Gasteiger partial charge in [0.05, 0.1) is 10.6 Å². The Hall–Kier alpha value is -1.75. The first-order chi connectivity index (χ1) is 8.97. The third-order valence-corrected chi connectivity index (χ3v) is 2.89. The van der Waals surface area contributed by atoms with Crippen LogP contribution in [0.1, 0.15) is 11.1 Å². The molecule has 6 heteroatoms. The maximum atomic E-state index is 12.4. The van der Waals surface area contributed by atoms with Gasteiger partial charge in [-0.2, -0.15) is 13.2 Å². The zero-order chi connectivity index (χ0) is 13.9. The van der Waals surface area contributed by atoms with Gasteiger partial charge in [-0.15, -0.1) is 0 Å². The molecule has 19 heavy (non-hydrogen) atoms. The highest BCUT2D eigenvalue weighted by atomic mass is 35.5. The highest BCUT2D eigenvalue weighted by molar-refractivity contribution is 6.31. The lowest BCUT2D eigenvalue weighted by Crippen LogP contribution is -2.05. The quantitative estimate of drug-likeness (QED) is 0.906. The Kier molecular flexibility index (Phi) is 3.95. The molecule has 0 atom stereocenters. The third kappa shape index (κ3) is 3.61. The van der Waals surface area contributed by atoms with Gasteiger partial charge in [-0.25, -0.2) is 0 Å². The molecule has 0 radical (unpaired) electrons. The topological polar surface area (TPSA) is 24.9 Å². The number of alkyl halides is 3. The fourth-order valence-corrected chi connectivity index (χ4v) is 1.71. The monoisotopic (exact) mass is 286 g/mol. The van der Waals surface area contributed by atoms with Crippen LogP contribution in [0.3, 0.4) is 0 Å². The van der Waals surface area contributed by atoms with Gasteiger partial charge in [-0.3, -0.25) is 4.98 Å². The molecule has 1 aromatic carbocycles. The summed E-state index contributed by atoms with van der Waals surface area (Å²) in [4.78, 5) is 3.85. The second-order valence-corrected chi connectivity index (χ2v) is 4.30. The van der Waals surface area contributed by atoms with Crippen LogP contribution in [0.4, 0.5) is 18.9 Å². The minimum Gasteiger partial charge on any atom is -0.381 e. The maximum Gasteiger partial charge on any atom is 0.416 e. The Morgan fingerprint density at radius 3 is 2.37 bits per heavy atom. The Labute approximate surface area is 113 Å². The van der Waals surface area contributed by atoms with Crippen molar-refractivity contribution in [1.82, 2.24) is 4.98 Å². The normalized spacial score (nSPS) is 11.4. The minimum atomic E-state index is -4.31. The summed E-state index contributed by atoms with van der Waals surface area (Å²) >= 11 is 5.92. The van der Waals surface area contributed by atoms with Crippen LogP contribution in [-0.4, -0.2) is 4.98 Å². The average Bonchev–Trinajstić information content (AvgIpc) is 2.37. The first kappa shape index (κ1) is 13.7. The van der Waals surface area contributed by atoms with Crippen LogP contribution in [0.5, 0.6) is 0 Å². The summed E-state index contributed by atoms with van der Waals surface area (Å²) in [6.07, 6.45) is -1.19. The molecule has 0 saturated heterocycles. The van der Waals surface area contributed by atoms with Crippen LogP contribution in [0.15, 0.2) is 42.7 Å². The van der Waals surface area contributed by atoms with Crippen molar-refractivity contribution in [3.05, 3.63) is 58.9 Å². The molecule has 0 unspecified atom stereocenters. The van der Waals surface area contributed by atoms with E-state index in [1.165, 1.54) is 18.3 Å². The van der Waals surface area contributed by atoms with Crippen LogP contribution >= 0.6 is 11.6 Å². The highest BCUT2D eigenvalue weighted by Gasteiger charge is 2.29. The van der Waals surface area contributed by atoms with E-state index in [9.17, 15) is 13.2 Å². The van der Waals surface area contributed by atoms with Crippen LogP contribution in [0.2, 0.25) is 5.02 Å². The lowest BCUT2D eigenvalue weighted by Gasteiger charge is -2.10. The molecule has 2 nitrogen and oxygen atoms in total. The first-order valence-electron chi connectivity index (χ1n) is 5.46. The highest BCUT2D eigenvalue weighted by Crippen LogP contribution is 2.29. The fraction of sp³-hybridized carbons (Fsp3) is 0.154. The smallest absolute Gasteiger partial charge is 0.381 e. The molecule has 0 aliphatic rings. The van der Waals surface area contributed by atoms with Crippen molar-refractivity contribution < 1.29 is 13.2 Å². The van der Waals surface area contributed by atoms with Crippen LogP contribution in [0.25, 0.3) is 0 Å². The Balaban J connectivity index is 2.03. The number of aromatic nitrogens is 1. The number of hydrogen-bond acceptors (Lipinski definition) is 2. The van der Waals surface area contributed by atoms with Gasteiger partial charge in [0, 0.05) is 24.6 Å². The summed E-state index contributed by atoms with van der Waals surface area (Å²) in [5.74, 6) is 0. The van der Waals surface area contributed by atoms with Gasteiger partial charge in [0.25, 0.3) is 0 Å². The number of nitrogens with one attached hydrogen (secondary N) is 1. The first-order valence-corrected chi connectivity index (χ1v) is 5.84. The van der Waals surface area contributed by atoms with Crippen LogP contribution in [-0.2, 0) is 12.7 Å². The number of nitrogens with zero attached hydrogens (tertiary/aromatic N) is 1. The Morgan fingerprint density at radius 1 is 1.11 bits per heavy atom. The molecule has 2 aromatic rings. The fourth-order valence-electron chi connectivity index (χ4n) is 1.52. The van der Waals surface area contributed by atoms with Gasteiger partial charge in [-0.05, 0) is 35.9 Å². The molecule has 0 aliphatic heterocycles. The molecule has 1 aromatic heterocycles. The van der Waals surface area contributed by atoms with E-state index in [1.54, 1.807) is 12.3 Å². The van der Waals surface area contributed by atoms with Crippen molar-refractivity contribution in [2.75, 3.05) is 5.32 Å². The Morgan fingerprint density at radius 2 is 1.79 bits per heavy atom. The summed E-state index contributed by atoms with van der Waals surface area (Å²) in [6.45, 7) is 0.423. The van der Waals surface area contributed by atoms with Crippen molar-refractivity contribution in [2.45, 2.75) is 12.7 Å². The number of anilines is 1. The number of benzene rings is 1. The summed E-state index contributed by atoms with van der Waals surface area (Å²) in [6, 6.07) is 6.60. The lowest BCUT2D eigenvalue weighted by atomic mass is 10.2. The molecule has 0 saturated carbocycles. The van der Waals surface area contributed by atoms with E-state index < -0.39 is 11.7 Å². The van der Waals surface area contributed by atoms with Gasteiger partial charge in [0.1, 0.15) is 0 Å². The van der Waals surface area contributed by atoms with E-state index >= 15 is 0 Å². The van der Waals surface area contributed by atoms with E-state index in [0.717, 1.165) is 17.7 Å². The SMILES string of the molecule is FC(F)(F)c1ccc(NCc2ccncc2Cl)cc1. The molecular formula is C13H10ClF3N2. The predicted molar refractivity (Wildman–Crippen MR) is 68.0 cm³/mol. The number of hydrogen-bond donors (Lipinski definition) is 1. The summed E-state index contributed by atoms with van der Waals surface area (Å²) in [7, 11) is 0. The summed E-state index contributed by atoms with van der Waals surface area (Å²) < 4.78 is 37.1. The summed E-state index contributed by atoms with van der Waals surface area (Å²) in [5, 5.41) is 3.52. The number of rotatable bonds is 3. The van der Waals surface area contributed by atoms with E-state index in [2.05, 4.69) is 10.3 Å². The zero-order valence-electron chi connectivity index (χ0n) is 9.71. The summed E-state index contributed by atoms with van der Waals surface area (Å²) in [5.41, 5.74) is 0.762. The largest absolute Gasteiger partial charge is 0.416 e. The van der Waals surface area contributed by atoms with Gasteiger partial charge >= 0.3 is 6.18 Å². The standard InChI is InChI=1S/C13H10ClF3N2/c14-12-8-18-6-5-9(12)7-19-11-3-1-10(2-4-11)13(15,16)17/h1-6,8,19H,7H2. The lowest BCUT2D eigenvalue weighted by molar-refractivity contribution is -0.137. The van der Waals surface area contributed by atoms with Crippen LogP contribution < -0.4 is 5.32 Å². The van der Waals surface area contributed by atoms with Crippen molar-refractivity contribution in [3.8, 4) is 0 Å². The third-order valence-electron chi connectivity index (χ3n) is 2.55. The van der Waals surface area contributed by atoms with Crippen molar-refractivity contribution >= 4 is 17.3 Å². The van der Waals surface area contributed by atoms with E-state index in [-0.39, 0.29) is 0 Å². The maximum absolute atomic E-state index is 12.4. The second kappa shape index (κ2) is 5.48. The molecule has 2 rings (SSSR count). The number of halogens is 4. The van der Waals surface area contributed by atoms with Crippen molar-refractivity contribution in [1.29, 1.82) is 0 Å². The van der Waals surface area contributed by atoms with Crippen molar-refractivity contribution in [3.63, 3.8) is 0 Å². The molecule has 0 spiro atoms. The molecule has 0 aliphatic carbocycles. The molecule has 0 fully saturated rings. The van der Waals surface area contributed by atoms with Gasteiger partial charge in [0.2, 0.25) is 0 Å². The number of pyridine rings is 1.